The number of unbranched alkanes of at least 4 members (excludes halogenated alkanes) is 1. The Labute approximate surface area is 158 Å². The van der Waals surface area contributed by atoms with Gasteiger partial charge in [0.1, 0.15) is 11.5 Å². The average Bonchev–Trinajstić information content (AvgIpc) is 3.09. The highest BCUT2D eigenvalue weighted by molar-refractivity contribution is 7.07. The first-order valence-corrected chi connectivity index (χ1v) is 9.64. The number of thiazole rings is 1. The van der Waals surface area contributed by atoms with Crippen molar-refractivity contribution in [3.8, 4) is 22.8 Å². The molecular weight excluding hydrogens is 344 g/mol. The van der Waals surface area contributed by atoms with Crippen LogP contribution in [0.15, 0.2) is 58.9 Å². The van der Waals surface area contributed by atoms with Crippen molar-refractivity contribution in [3.63, 3.8) is 0 Å². The predicted octanol–water partition coefficient (Wildman–Crippen LogP) is 5.27. The molecule has 1 aromatic heterocycles. The van der Waals surface area contributed by atoms with Gasteiger partial charge in [0.25, 0.3) is 0 Å². The van der Waals surface area contributed by atoms with E-state index in [0.717, 1.165) is 41.4 Å². The molecule has 0 unspecified atom stereocenters. The zero-order valence-corrected chi connectivity index (χ0v) is 16.3. The summed E-state index contributed by atoms with van der Waals surface area (Å²) in [5.74, 6) is 1.71. The van der Waals surface area contributed by atoms with Gasteiger partial charge in [0.15, 0.2) is 4.80 Å². The van der Waals surface area contributed by atoms with Gasteiger partial charge in [0.05, 0.1) is 25.6 Å². The Morgan fingerprint density at radius 1 is 0.923 bits per heavy atom. The number of hydrogen-bond donors (Lipinski definition) is 0. The van der Waals surface area contributed by atoms with Crippen LogP contribution in [0, 0.1) is 0 Å². The van der Waals surface area contributed by atoms with Gasteiger partial charge < -0.3 is 14.0 Å². The third kappa shape index (κ3) is 4.17. The maximum absolute atomic E-state index is 5.27. The topological polar surface area (TPSA) is 35.8 Å². The lowest BCUT2D eigenvalue weighted by atomic mass is 10.1. The van der Waals surface area contributed by atoms with Crippen molar-refractivity contribution in [2.75, 3.05) is 14.2 Å². The van der Waals surface area contributed by atoms with Crippen LogP contribution >= 0.6 is 11.3 Å². The van der Waals surface area contributed by atoms with Crippen LogP contribution in [0.3, 0.4) is 0 Å². The molecule has 0 atom stereocenters. The van der Waals surface area contributed by atoms with E-state index in [1.807, 2.05) is 36.4 Å². The van der Waals surface area contributed by atoms with Crippen molar-refractivity contribution in [2.45, 2.75) is 26.3 Å². The van der Waals surface area contributed by atoms with Crippen molar-refractivity contribution >= 4 is 17.0 Å². The van der Waals surface area contributed by atoms with E-state index in [1.165, 1.54) is 11.3 Å². The fraction of sp³-hybridized carbons (Fsp3) is 0.286. The number of nitrogens with zero attached hydrogens (tertiary/aromatic N) is 2. The van der Waals surface area contributed by atoms with E-state index < -0.39 is 0 Å². The maximum Gasteiger partial charge on any atom is 0.190 e. The second-order valence-corrected chi connectivity index (χ2v) is 6.78. The molecular formula is C21H24N2O2S. The molecule has 0 radical (unpaired) electrons. The first-order valence-electron chi connectivity index (χ1n) is 8.76. The van der Waals surface area contributed by atoms with Gasteiger partial charge >= 0.3 is 0 Å². The molecule has 0 aliphatic carbocycles. The highest BCUT2D eigenvalue weighted by atomic mass is 32.1. The molecule has 0 amide bonds. The lowest BCUT2D eigenvalue weighted by molar-refractivity contribution is 0.414. The first kappa shape index (κ1) is 18.3. The standard InChI is InChI=1S/C21H24N2O2S/c1-4-5-14-23-20(16-6-10-18(24-2)11-7-16)15-26-21(23)22-17-8-12-19(25-3)13-9-17/h6-13,15H,4-5,14H2,1-3H3. The molecule has 1 heterocycles. The fourth-order valence-corrected chi connectivity index (χ4v) is 3.67. The molecule has 136 valence electrons. The van der Waals surface area contributed by atoms with Crippen molar-refractivity contribution < 1.29 is 9.47 Å². The van der Waals surface area contributed by atoms with E-state index in [-0.39, 0.29) is 0 Å². The monoisotopic (exact) mass is 368 g/mol. The quantitative estimate of drug-likeness (QED) is 0.570. The molecule has 26 heavy (non-hydrogen) atoms. The van der Waals surface area contributed by atoms with Gasteiger partial charge in [0, 0.05) is 11.9 Å². The second-order valence-electron chi connectivity index (χ2n) is 5.95. The smallest absolute Gasteiger partial charge is 0.190 e. The van der Waals surface area contributed by atoms with E-state index in [9.17, 15) is 0 Å². The summed E-state index contributed by atoms with van der Waals surface area (Å²) in [5, 5.41) is 2.18. The average molecular weight is 369 g/mol. The highest BCUT2D eigenvalue weighted by Crippen LogP contribution is 2.24. The molecule has 0 saturated carbocycles. The SMILES string of the molecule is CCCCn1c(-c2ccc(OC)cc2)csc1=Nc1ccc(OC)cc1. The van der Waals surface area contributed by atoms with Crippen LogP contribution in [0.1, 0.15) is 19.8 Å². The van der Waals surface area contributed by atoms with E-state index in [2.05, 4.69) is 29.0 Å². The van der Waals surface area contributed by atoms with Gasteiger partial charge in [-0.15, -0.1) is 11.3 Å². The van der Waals surface area contributed by atoms with Gasteiger partial charge in [-0.05, 0) is 60.5 Å². The first-order chi connectivity index (χ1) is 12.7. The largest absolute Gasteiger partial charge is 0.497 e. The number of hydrogen-bond acceptors (Lipinski definition) is 4. The lowest BCUT2D eigenvalue weighted by Crippen LogP contribution is -2.15. The molecule has 0 saturated heterocycles. The summed E-state index contributed by atoms with van der Waals surface area (Å²) in [7, 11) is 3.36. The van der Waals surface area contributed by atoms with E-state index in [4.69, 9.17) is 14.5 Å². The Kier molecular flexibility index (Phi) is 6.12. The van der Waals surface area contributed by atoms with Crippen LogP contribution in [0.4, 0.5) is 5.69 Å². The lowest BCUT2D eigenvalue weighted by Gasteiger charge is -2.09. The summed E-state index contributed by atoms with van der Waals surface area (Å²) >= 11 is 1.67. The molecule has 0 N–H and O–H groups in total. The molecule has 4 nitrogen and oxygen atoms in total. The third-order valence-corrected chi connectivity index (χ3v) is 5.08. The Morgan fingerprint density at radius 3 is 2.12 bits per heavy atom. The number of methoxy groups -OCH3 is 2. The Morgan fingerprint density at radius 2 is 1.54 bits per heavy atom. The van der Waals surface area contributed by atoms with Crippen molar-refractivity contribution in [1.29, 1.82) is 0 Å². The summed E-state index contributed by atoms with van der Waals surface area (Å²) in [6, 6.07) is 16.0. The Balaban J connectivity index is 2.01. The van der Waals surface area contributed by atoms with Crippen LogP contribution in [-0.2, 0) is 6.54 Å². The van der Waals surface area contributed by atoms with Crippen LogP contribution in [-0.4, -0.2) is 18.8 Å². The molecule has 3 aromatic rings. The van der Waals surface area contributed by atoms with E-state index >= 15 is 0 Å². The summed E-state index contributed by atoms with van der Waals surface area (Å²) in [6.07, 6.45) is 2.27. The van der Waals surface area contributed by atoms with Gasteiger partial charge in [-0.2, -0.15) is 0 Å². The van der Waals surface area contributed by atoms with Crippen LogP contribution < -0.4 is 14.3 Å². The van der Waals surface area contributed by atoms with Crippen molar-refractivity contribution in [2.24, 2.45) is 4.99 Å². The van der Waals surface area contributed by atoms with Gasteiger partial charge in [-0.25, -0.2) is 4.99 Å². The molecule has 0 fully saturated rings. The van der Waals surface area contributed by atoms with Crippen LogP contribution in [0.2, 0.25) is 0 Å². The maximum atomic E-state index is 5.27. The minimum Gasteiger partial charge on any atom is -0.497 e. The number of benzene rings is 2. The molecule has 3 rings (SSSR count). The number of ether oxygens (including phenoxy) is 2. The minimum absolute atomic E-state index is 0.841. The van der Waals surface area contributed by atoms with Gasteiger partial charge in [-0.3, -0.25) is 0 Å². The zero-order chi connectivity index (χ0) is 18.4. The molecule has 0 bridgehead atoms. The summed E-state index contributed by atoms with van der Waals surface area (Å²) in [6.45, 7) is 3.16. The number of rotatable bonds is 7. The summed E-state index contributed by atoms with van der Waals surface area (Å²) < 4.78 is 12.8. The highest BCUT2D eigenvalue weighted by Gasteiger charge is 2.08. The van der Waals surface area contributed by atoms with Crippen LogP contribution in [0.25, 0.3) is 11.3 Å². The molecule has 0 spiro atoms. The van der Waals surface area contributed by atoms with E-state index in [0.29, 0.717) is 0 Å². The molecule has 2 aromatic carbocycles. The third-order valence-electron chi connectivity index (χ3n) is 4.22. The summed E-state index contributed by atoms with van der Waals surface area (Å²) in [4.78, 5) is 5.86. The minimum atomic E-state index is 0.841. The molecule has 0 aliphatic rings. The molecule has 5 heteroatoms. The Bertz CT molecular complexity index is 893. The zero-order valence-electron chi connectivity index (χ0n) is 15.4. The van der Waals surface area contributed by atoms with Crippen molar-refractivity contribution in [3.05, 3.63) is 58.7 Å². The van der Waals surface area contributed by atoms with Gasteiger partial charge in [0.2, 0.25) is 0 Å². The van der Waals surface area contributed by atoms with E-state index in [1.54, 1.807) is 25.6 Å². The van der Waals surface area contributed by atoms with Crippen LogP contribution in [0.5, 0.6) is 11.5 Å². The molecule has 0 aliphatic heterocycles. The van der Waals surface area contributed by atoms with Gasteiger partial charge in [-0.1, -0.05) is 13.3 Å². The fourth-order valence-electron chi connectivity index (χ4n) is 2.71. The Hall–Kier alpha value is -2.53. The predicted molar refractivity (Wildman–Crippen MR) is 107 cm³/mol. The normalized spacial score (nSPS) is 11.6. The second kappa shape index (κ2) is 8.72. The number of aromatic nitrogens is 1. The van der Waals surface area contributed by atoms with Crippen molar-refractivity contribution in [1.82, 2.24) is 4.57 Å². The summed E-state index contributed by atoms with van der Waals surface area (Å²) in [5.41, 5.74) is 3.30.